The maximum absolute atomic E-state index is 12.3. The van der Waals surface area contributed by atoms with Crippen molar-refractivity contribution in [3.63, 3.8) is 0 Å². The standard InChI is InChI=1S/C19H30N2O3/c1-14-4-8-16(9-5-14)20-19(23)12-21(2)18(13-22)15-6-10-17(24-3)11-7-15/h6-7,10-11,14,16,18,22H,4-5,8-9,12-13H2,1-3H3,(H,20,23). The molecule has 0 heterocycles. The molecule has 1 saturated carbocycles. The van der Waals surface area contributed by atoms with Crippen molar-refractivity contribution < 1.29 is 14.6 Å². The van der Waals surface area contributed by atoms with Crippen molar-refractivity contribution in [1.82, 2.24) is 10.2 Å². The number of aliphatic hydroxyl groups excluding tert-OH is 1. The molecule has 0 radical (unpaired) electrons. The van der Waals surface area contributed by atoms with Crippen LogP contribution in [0.2, 0.25) is 0 Å². The van der Waals surface area contributed by atoms with Gasteiger partial charge in [0.1, 0.15) is 5.75 Å². The fourth-order valence-electron chi connectivity index (χ4n) is 3.34. The van der Waals surface area contributed by atoms with E-state index in [4.69, 9.17) is 4.74 Å². The van der Waals surface area contributed by atoms with Crippen LogP contribution in [0.5, 0.6) is 5.75 Å². The Kier molecular flexibility index (Phi) is 7.06. The van der Waals surface area contributed by atoms with Crippen molar-refractivity contribution in [3.8, 4) is 5.75 Å². The molecule has 134 valence electrons. The Morgan fingerprint density at radius 2 is 1.92 bits per heavy atom. The first-order valence-corrected chi connectivity index (χ1v) is 8.78. The number of likely N-dealkylation sites (N-methyl/N-ethyl adjacent to an activating group) is 1. The van der Waals surface area contributed by atoms with Gasteiger partial charge in [0, 0.05) is 6.04 Å². The van der Waals surface area contributed by atoms with E-state index in [1.807, 2.05) is 36.2 Å². The number of nitrogens with one attached hydrogen (secondary N) is 1. The summed E-state index contributed by atoms with van der Waals surface area (Å²) in [6, 6.07) is 7.70. The number of methoxy groups -OCH3 is 1. The minimum absolute atomic E-state index is 0.0307. The van der Waals surface area contributed by atoms with Crippen LogP contribution in [0.1, 0.15) is 44.2 Å². The normalized spacial score (nSPS) is 22.2. The van der Waals surface area contributed by atoms with Crippen LogP contribution in [0.3, 0.4) is 0 Å². The van der Waals surface area contributed by atoms with E-state index in [2.05, 4.69) is 12.2 Å². The number of carbonyl (C=O) groups excluding carboxylic acids is 1. The van der Waals surface area contributed by atoms with Crippen LogP contribution in [0, 0.1) is 5.92 Å². The molecule has 1 unspecified atom stereocenters. The highest BCUT2D eigenvalue weighted by atomic mass is 16.5. The predicted octanol–water partition coefficient (Wildman–Crippen LogP) is 2.36. The van der Waals surface area contributed by atoms with Crippen LogP contribution < -0.4 is 10.1 Å². The second-order valence-corrected chi connectivity index (χ2v) is 6.91. The molecule has 1 amide bonds. The Morgan fingerprint density at radius 1 is 1.29 bits per heavy atom. The van der Waals surface area contributed by atoms with E-state index < -0.39 is 0 Å². The van der Waals surface area contributed by atoms with E-state index in [1.54, 1.807) is 7.11 Å². The number of carbonyl (C=O) groups is 1. The topological polar surface area (TPSA) is 61.8 Å². The number of hydrogen-bond donors (Lipinski definition) is 2. The van der Waals surface area contributed by atoms with Crippen LogP contribution in [-0.2, 0) is 4.79 Å². The third-order valence-corrected chi connectivity index (χ3v) is 4.98. The summed E-state index contributed by atoms with van der Waals surface area (Å²) in [5, 5.41) is 12.9. The van der Waals surface area contributed by atoms with E-state index in [0.29, 0.717) is 6.04 Å². The molecule has 1 aliphatic rings. The van der Waals surface area contributed by atoms with E-state index in [-0.39, 0.29) is 25.1 Å². The van der Waals surface area contributed by atoms with Crippen molar-refractivity contribution in [3.05, 3.63) is 29.8 Å². The molecule has 1 aliphatic carbocycles. The number of benzene rings is 1. The minimum Gasteiger partial charge on any atom is -0.497 e. The lowest BCUT2D eigenvalue weighted by atomic mass is 9.87. The van der Waals surface area contributed by atoms with Gasteiger partial charge < -0.3 is 15.2 Å². The van der Waals surface area contributed by atoms with E-state index in [1.165, 1.54) is 12.8 Å². The van der Waals surface area contributed by atoms with E-state index in [9.17, 15) is 9.90 Å². The maximum Gasteiger partial charge on any atom is 0.234 e. The zero-order valence-corrected chi connectivity index (χ0v) is 15.0. The van der Waals surface area contributed by atoms with Gasteiger partial charge in [0.15, 0.2) is 0 Å². The highest BCUT2D eigenvalue weighted by molar-refractivity contribution is 5.78. The van der Waals surface area contributed by atoms with E-state index >= 15 is 0 Å². The minimum atomic E-state index is -0.201. The number of aliphatic hydroxyl groups is 1. The second kappa shape index (κ2) is 9.04. The summed E-state index contributed by atoms with van der Waals surface area (Å²) in [6.45, 7) is 2.52. The molecule has 1 aromatic carbocycles. The molecule has 0 bridgehead atoms. The average Bonchev–Trinajstić information content (AvgIpc) is 2.58. The lowest BCUT2D eigenvalue weighted by Gasteiger charge is -2.30. The van der Waals surface area contributed by atoms with Gasteiger partial charge in [-0.25, -0.2) is 0 Å². The molecule has 1 atom stereocenters. The first kappa shape index (κ1) is 18.7. The summed E-state index contributed by atoms with van der Waals surface area (Å²) >= 11 is 0. The van der Waals surface area contributed by atoms with Gasteiger partial charge in [-0.3, -0.25) is 9.69 Å². The number of hydrogen-bond acceptors (Lipinski definition) is 4. The van der Waals surface area contributed by atoms with Gasteiger partial charge in [-0.1, -0.05) is 19.1 Å². The number of amides is 1. The highest BCUT2D eigenvalue weighted by Gasteiger charge is 2.22. The largest absolute Gasteiger partial charge is 0.497 e. The van der Waals surface area contributed by atoms with Crippen molar-refractivity contribution in [2.45, 2.75) is 44.7 Å². The first-order chi connectivity index (χ1) is 11.5. The van der Waals surface area contributed by atoms with Gasteiger partial charge >= 0.3 is 0 Å². The van der Waals surface area contributed by atoms with Crippen molar-refractivity contribution in [2.24, 2.45) is 5.92 Å². The summed E-state index contributed by atoms with van der Waals surface area (Å²) in [6.07, 6.45) is 4.51. The molecular weight excluding hydrogens is 304 g/mol. The average molecular weight is 334 g/mol. The molecule has 0 aliphatic heterocycles. The first-order valence-electron chi connectivity index (χ1n) is 8.78. The quantitative estimate of drug-likeness (QED) is 0.803. The Morgan fingerprint density at radius 3 is 2.46 bits per heavy atom. The molecule has 0 spiro atoms. The molecular formula is C19H30N2O3. The predicted molar refractivity (Wildman–Crippen MR) is 95.0 cm³/mol. The van der Waals surface area contributed by atoms with Crippen molar-refractivity contribution >= 4 is 5.91 Å². The molecule has 24 heavy (non-hydrogen) atoms. The Balaban J connectivity index is 1.88. The zero-order chi connectivity index (χ0) is 17.5. The molecule has 1 fully saturated rings. The second-order valence-electron chi connectivity index (χ2n) is 6.91. The SMILES string of the molecule is COc1ccc(C(CO)N(C)CC(=O)NC2CCC(C)CC2)cc1. The molecule has 5 heteroatoms. The molecule has 5 nitrogen and oxygen atoms in total. The number of rotatable bonds is 7. The number of nitrogens with zero attached hydrogens (tertiary/aromatic N) is 1. The van der Waals surface area contributed by atoms with Gasteiger partial charge in [0.2, 0.25) is 5.91 Å². The molecule has 2 rings (SSSR count). The van der Waals surface area contributed by atoms with Crippen molar-refractivity contribution in [2.75, 3.05) is 27.3 Å². The van der Waals surface area contributed by atoms with E-state index in [0.717, 1.165) is 30.1 Å². The van der Waals surface area contributed by atoms with Crippen LogP contribution in [0.25, 0.3) is 0 Å². The maximum atomic E-state index is 12.3. The number of ether oxygens (including phenoxy) is 1. The van der Waals surface area contributed by atoms with Gasteiger partial charge in [-0.15, -0.1) is 0 Å². The molecule has 1 aromatic rings. The Labute approximate surface area is 145 Å². The fourth-order valence-corrected chi connectivity index (χ4v) is 3.34. The van der Waals surface area contributed by atoms with Crippen LogP contribution in [-0.4, -0.2) is 49.3 Å². The van der Waals surface area contributed by atoms with Crippen molar-refractivity contribution in [1.29, 1.82) is 0 Å². The summed E-state index contributed by atoms with van der Waals surface area (Å²) in [4.78, 5) is 14.2. The van der Waals surface area contributed by atoms with Gasteiger partial charge in [-0.05, 0) is 56.3 Å². The highest BCUT2D eigenvalue weighted by Crippen LogP contribution is 2.24. The van der Waals surface area contributed by atoms with Gasteiger partial charge in [0.05, 0.1) is 26.3 Å². The Hall–Kier alpha value is -1.59. The lowest BCUT2D eigenvalue weighted by Crippen LogP contribution is -2.43. The van der Waals surface area contributed by atoms with Crippen LogP contribution in [0.4, 0.5) is 0 Å². The Bertz CT molecular complexity index is 510. The summed E-state index contributed by atoms with van der Waals surface area (Å²) in [7, 11) is 3.49. The smallest absolute Gasteiger partial charge is 0.234 e. The monoisotopic (exact) mass is 334 g/mol. The summed E-state index contributed by atoms with van der Waals surface area (Å²) in [5.74, 6) is 1.58. The zero-order valence-electron chi connectivity index (χ0n) is 15.0. The van der Waals surface area contributed by atoms with Crippen LogP contribution in [0.15, 0.2) is 24.3 Å². The molecule has 0 aromatic heterocycles. The third kappa shape index (κ3) is 5.21. The van der Waals surface area contributed by atoms with Gasteiger partial charge in [0.25, 0.3) is 0 Å². The molecule has 0 saturated heterocycles. The summed E-state index contributed by atoms with van der Waals surface area (Å²) in [5.41, 5.74) is 0.972. The summed E-state index contributed by atoms with van der Waals surface area (Å²) < 4.78 is 5.16. The lowest BCUT2D eigenvalue weighted by molar-refractivity contribution is -0.123. The van der Waals surface area contributed by atoms with Gasteiger partial charge in [-0.2, -0.15) is 0 Å². The fraction of sp³-hybridized carbons (Fsp3) is 0.632. The molecule has 2 N–H and O–H groups in total. The third-order valence-electron chi connectivity index (χ3n) is 4.98. The van der Waals surface area contributed by atoms with Crippen LogP contribution >= 0.6 is 0 Å².